The van der Waals surface area contributed by atoms with Crippen LogP contribution in [0.25, 0.3) is 0 Å². The number of rotatable bonds is 8. The summed E-state index contributed by atoms with van der Waals surface area (Å²) in [5.41, 5.74) is 4.12. The molecule has 1 atom stereocenters. The molecule has 4 heteroatoms. The van der Waals surface area contributed by atoms with Gasteiger partial charge in [0.25, 0.3) is 0 Å². The fourth-order valence-electron chi connectivity index (χ4n) is 2.43. The van der Waals surface area contributed by atoms with Crippen LogP contribution in [0.5, 0.6) is 0 Å². The molecule has 1 aliphatic heterocycles. The van der Waals surface area contributed by atoms with E-state index in [1.165, 1.54) is 16.8 Å². The van der Waals surface area contributed by atoms with E-state index in [1.807, 2.05) is 0 Å². The standard InChI is InChI=1S/C15H24N2O2/c1-12-10-14-11-13(2-3-15(14)17-12)4-5-16-6-8-19-9-7-18/h2-3,11-12,16-18H,4-10H2,1H3. The fraction of sp³-hybridized carbons (Fsp3) is 0.600. The van der Waals surface area contributed by atoms with Crippen LogP contribution in [0.3, 0.4) is 0 Å². The van der Waals surface area contributed by atoms with Gasteiger partial charge in [-0.05, 0) is 43.5 Å². The molecule has 1 aliphatic rings. The number of aliphatic hydroxyl groups excluding tert-OH is 1. The molecule has 0 radical (unpaired) electrons. The van der Waals surface area contributed by atoms with Gasteiger partial charge < -0.3 is 20.5 Å². The summed E-state index contributed by atoms with van der Waals surface area (Å²) < 4.78 is 5.19. The third kappa shape index (κ3) is 4.49. The van der Waals surface area contributed by atoms with Crippen molar-refractivity contribution in [3.8, 4) is 0 Å². The van der Waals surface area contributed by atoms with E-state index in [9.17, 15) is 0 Å². The molecular weight excluding hydrogens is 240 g/mol. The summed E-state index contributed by atoms with van der Waals surface area (Å²) >= 11 is 0. The van der Waals surface area contributed by atoms with Gasteiger partial charge in [0, 0.05) is 18.3 Å². The molecule has 19 heavy (non-hydrogen) atoms. The molecule has 2 rings (SSSR count). The highest BCUT2D eigenvalue weighted by atomic mass is 16.5. The molecule has 1 unspecified atom stereocenters. The summed E-state index contributed by atoms with van der Waals surface area (Å²) in [6, 6.07) is 7.27. The van der Waals surface area contributed by atoms with Crippen LogP contribution in [0.4, 0.5) is 5.69 Å². The minimum atomic E-state index is 0.0988. The molecule has 106 valence electrons. The van der Waals surface area contributed by atoms with Crippen LogP contribution in [0.15, 0.2) is 18.2 Å². The molecule has 0 fully saturated rings. The zero-order valence-electron chi connectivity index (χ0n) is 11.6. The number of hydrogen-bond acceptors (Lipinski definition) is 4. The number of anilines is 1. The summed E-state index contributed by atoms with van der Waals surface area (Å²) in [6.07, 6.45) is 2.17. The largest absolute Gasteiger partial charge is 0.394 e. The average molecular weight is 264 g/mol. The zero-order chi connectivity index (χ0) is 13.5. The van der Waals surface area contributed by atoms with Crippen molar-refractivity contribution >= 4 is 5.69 Å². The number of aliphatic hydroxyl groups is 1. The quantitative estimate of drug-likeness (QED) is 0.617. The van der Waals surface area contributed by atoms with Crippen molar-refractivity contribution in [3.63, 3.8) is 0 Å². The summed E-state index contributed by atoms with van der Waals surface area (Å²) in [4.78, 5) is 0. The Morgan fingerprint density at radius 2 is 2.26 bits per heavy atom. The van der Waals surface area contributed by atoms with Crippen LogP contribution in [0.1, 0.15) is 18.1 Å². The second-order valence-corrected chi connectivity index (χ2v) is 5.08. The lowest BCUT2D eigenvalue weighted by molar-refractivity contribution is 0.0940. The van der Waals surface area contributed by atoms with Gasteiger partial charge in [0.2, 0.25) is 0 Å². The van der Waals surface area contributed by atoms with Gasteiger partial charge in [0.15, 0.2) is 0 Å². The van der Waals surface area contributed by atoms with E-state index in [0.29, 0.717) is 19.3 Å². The molecule has 1 heterocycles. The van der Waals surface area contributed by atoms with E-state index >= 15 is 0 Å². The lowest BCUT2D eigenvalue weighted by Gasteiger charge is -2.07. The second-order valence-electron chi connectivity index (χ2n) is 5.08. The predicted molar refractivity (Wildman–Crippen MR) is 77.7 cm³/mol. The van der Waals surface area contributed by atoms with Gasteiger partial charge in [-0.2, -0.15) is 0 Å². The van der Waals surface area contributed by atoms with Crippen LogP contribution in [0.2, 0.25) is 0 Å². The normalized spacial score (nSPS) is 17.3. The maximum Gasteiger partial charge on any atom is 0.0698 e. The molecule has 0 amide bonds. The molecule has 0 aromatic heterocycles. The maximum absolute atomic E-state index is 8.56. The first-order valence-electron chi connectivity index (χ1n) is 7.07. The molecule has 1 aromatic carbocycles. The van der Waals surface area contributed by atoms with Crippen LogP contribution < -0.4 is 10.6 Å². The van der Waals surface area contributed by atoms with Crippen LogP contribution in [-0.2, 0) is 17.6 Å². The molecule has 0 spiro atoms. The maximum atomic E-state index is 8.56. The van der Waals surface area contributed by atoms with Crippen molar-refractivity contribution in [3.05, 3.63) is 29.3 Å². The van der Waals surface area contributed by atoms with E-state index in [4.69, 9.17) is 9.84 Å². The molecule has 0 saturated carbocycles. The van der Waals surface area contributed by atoms with Crippen molar-refractivity contribution in [2.24, 2.45) is 0 Å². The van der Waals surface area contributed by atoms with Gasteiger partial charge in [-0.3, -0.25) is 0 Å². The molecule has 4 nitrogen and oxygen atoms in total. The molecule has 0 bridgehead atoms. The second kappa shape index (κ2) is 7.48. The first kappa shape index (κ1) is 14.3. The lowest BCUT2D eigenvalue weighted by atomic mass is 10.0. The Hall–Kier alpha value is -1.10. The zero-order valence-corrected chi connectivity index (χ0v) is 11.6. The summed E-state index contributed by atoms with van der Waals surface area (Å²) in [7, 11) is 0. The van der Waals surface area contributed by atoms with Gasteiger partial charge in [-0.25, -0.2) is 0 Å². The van der Waals surface area contributed by atoms with E-state index in [0.717, 1.165) is 25.9 Å². The monoisotopic (exact) mass is 264 g/mol. The highest BCUT2D eigenvalue weighted by Crippen LogP contribution is 2.26. The Morgan fingerprint density at radius 3 is 3.11 bits per heavy atom. The third-order valence-corrected chi connectivity index (χ3v) is 3.35. The Balaban J connectivity index is 1.65. The van der Waals surface area contributed by atoms with E-state index < -0.39 is 0 Å². The van der Waals surface area contributed by atoms with E-state index in [2.05, 4.69) is 35.8 Å². The Labute approximate surface area is 115 Å². The first-order valence-corrected chi connectivity index (χ1v) is 7.07. The van der Waals surface area contributed by atoms with Crippen molar-refractivity contribution < 1.29 is 9.84 Å². The van der Waals surface area contributed by atoms with Crippen LogP contribution in [-0.4, -0.2) is 44.1 Å². The first-order chi connectivity index (χ1) is 9.29. The Kier molecular flexibility index (Phi) is 5.63. The smallest absolute Gasteiger partial charge is 0.0698 e. The SMILES string of the molecule is CC1Cc2cc(CCNCCOCCO)ccc2N1. The van der Waals surface area contributed by atoms with E-state index in [1.54, 1.807) is 0 Å². The van der Waals surface area contributed by atoms with Gasteiger partial charge in [0.05, 0.1) is 19.8 Å². The van der Waals surface area contributed by atoms with E-state index in [-0.39, 0.29) is 6.61 Å². The number of ether oxygens (including phenoxy) is 1. The Morgan fingerprint density at radius 1 is 1.37 bits per heavy atom. The Bertz CT molecular complexity index is 396. The highest BCUT2D eigenvalue weighted by molar-refractivity contribution is 5.57. The minimum Gasteiger partial charge on any atom is -0.394 e. The number of hydrogen-bond donors (Lipinski definition) is 3. The van der Waals surface area contributed by atoms with Crippen molar-refractivity contribution in [1.82, 2.24) is 5.32 Å². The summed E-state index contributed by atoms with van der Waals surface area (Å²) in [5, 5.41) is 15.4. The van der Waals surface area contributed by atoms with Gasteiger partial charge in [-0.1, -0.05) is 12.1 Å². The molecular formula is C15H24N2O2. The average Bonchev–Trinajstić information content (AvgIpc) is 2.77. The van der Waals surface area contributed by atoms with Gasteiger partial charge in [-0.15, -0.1) is 0 Å². The predicted octanol–water partition coefficient (Wildman–Crippen LogP) is 1.18. The highest BCUT2D eigenvalue weighted by Gasteiger charge is 2.16. The van der Waals surface area contributed by atoms with Crippen molar-refractivity contribution in [2.75, 3.05) is 38.2 Å². The molecule has 0 saturated heterocycles. The van der Waals surface area contributed by atoms with Gasteiger partial charge >= 0.3 is 0 Å². The molecule has 3 N–H and O–H groups in total. The lowest BCUT2D eigenvalue weighted by Crippen LogP contribution is -2.22. The van der Waals surface area contributed by atoms with Crippen molar-refractivity contribution in [1.29, 1.82) is 0 Å². The van der Waals surface area contributed by atoms with Crippen molar-refractivity contribution in [2.45, 2.75) is 25.8 Å². The number of fused-ring (bicyclic) bond motifs is 1. The third-order valence-electron chi connectivity index (χ3n) is 3.35. The van der Waals surface area contributed by atoms with Gasteiger partial charge in [0.1, 0.15) is 0 Å². The topological polar surface area (TPSA) is 53.5 Å². The summed E-state index contributed by atoms with van der Waals surface area (Å²) in [6.45, 7) is 5.20. The number of nitrogens with one attached hydrogen (secondary N) is 2. The van der Waals surface area contributed by atoms with Crippen LogP contribution in [0, 0.1) is 0 Å². The molecule has 1 aromatic rings. The minimum absolute atomic E-state index is 0.0988. The molecule has 0 aliphatic carbocycles. The number of benzene rings is 1. The van der Waals surface area contributed by atoms with Crippen LogP contribution >= 0.6 is 0 Å². The fourth-order valence-corrected chi connectivity index (χ4v) is 2.43. The summed E-state index contributed by atoms with van der Waals surface area (Å²) in [5.74, 6) is 0.